The zero-order valence-corrected chi connectivity index (χ0v) is 9.47. The molecule has 0 fully saturated rings. The highest BCUT2D eigenvalue weighted by Gasteiger charge is 2.10. The SMILES string of the molecule is CC(O)C(C)Oc1cccc([C@H](C)N)c1. The second-order valence-electron chi connectivity index (χ2n) is 3.92. The van der Waals surface area contributed by atoms with Gasteiger partial charge < -0.3 is 15.6 Å². The Kier molecular flexibility index (Phi) is 4.12. The summed E-state index contributed by atoms with van der Waals surface area (Å²) in [6.45, 7) is 5.47. The first-order valence-electron chi connectivity index (χ1n) is 5.21. The van der Waals surface area contributed by atoms with E-state index >= 15 is 0 Å². The molecule has 3 nitrogen and oxygen atoms in total. The molecule has 15 heavy (non-hydrogen) atoms. The van der Waals surface area contributed by atoms with Gasteiger partial charge in [-0.25, -0.2) is 0 Å². The quantitative estimate of drug-likeness (QED) is 0.795. The molecule has 0 saturated heterocycles. The number of aliphatic hydroxyl groups excluding tert-OH is 1. The lowest BCUT2D eigenvalue weighted by Crippen LogP contribution is -2.25. The summed E-state index contributed by atoms with van der Waals surface area (Å²) >= 11 is 0. The van der Waals surface area contributed by atoms with Gasteiger partial charge in [-0.2, -0.15) is 0 Å². The molecule has 0 radical (unpaired) electrons. The molecule has 1 rings (SSSR count). The summed E-state index contributed by atoms with van der Waals surface area (Å²) in [6, 6.07) is 7.64. The van der Waals surface area contributed by atoms with E-state index in [1.807, 2.05) is 38.1 Å². The van der Waals surface area contributed by atoms with E-state index in [0.29, 0.717) is 0 Å². The van der Waals surface area contributed by atoms with Gasteiger partial charge in [0.2, 0.25) is 0 Å². The second kappa shape index (κ2) is 5.14. The Morgan fingerprint density at radius 1 is 1.27 bits per heavy atom. The molecule has 3 N–H and O–H groups in total. The van der Waals surface area contributed by atoms with Crippen molar-refractivity contribution in [2.24, 2.45) is 5.73 Å². The van der Waals surface area contributed by atoms with Crippen LogP contribution in [0.4, 0.5) is 0 Å². The van der Waals surface area contributed by atoms with Gasteiger partial charge in [0.15, 0.2) is 0 Å². The first kappa shape index (κ1) is 12.0. The van der Waals surface area contributed by atoms with Crippen LogP contribution in [0.5, 0.6) is 5.75 Å². The van der Waals surface area contributed by atoms with E-state index in [1.54, 1.807) is 6.92 Å². The predicted molar refractivity (Wildman–Crippen MR) is 60.8 cm³/mol. The Balaban J connectivity index is 2.73. The van der Waals surface area contributed by atoms with E-state index in [2.05, 4.69) is 0 Å². The highest BCUT2D eigenvalue weighted by atomic mass is 16.5. The maximum absolute atomic E-state index is 9.31. The lowest BCUT2D eigenvalue weighted by atomic mass is 10.1. The van der Waals surface area contributed by atoms with Crippen molar-refractivity contribution in [2.45, 2.75) is 39.0 Å². The summed E-state index contributed by atoms with van der Waals surface area (Å²) in [4.78, 5) is 0. The largest absolute Gasteiger partial charge is 0.488 e. The summed E-state index contributed by atoms with van der Waals surface area (Å²) in [5, 5.41) is 9.31. The van der Waals surface area contributed by atoms with Crippen LogP contribution in [0.25, 0.3) is 0 Å². The van der Waals surface area contributed by atoms with Crippen molar-refractivity contribution in [2.75, 3.05) is 0 Å². The zero-order chi connectivity index (χ0) is 11.4. The Hall–Kier alpha value is -1.06. The van der Waals surface area contributed by atoms with Crippen LogP contribution in [0.3, 0.4) is 0 Å². The number of rotatable bonds is 4. The lowest BCUT2D eigenvalue weighted by molar-refractivity contribution is 0.0604. The third kappa shape index (κ3) is 3.53. The molecular formula is C12H19NO2. The Labute approximate surface area is 90.9 Å². The first-order chi connectivity index (χ1) is 7.00. The summed E-state index contributed by atoms with van der Waals surface area (Å²) < 4.78 is 5.56. The molecule has 0 heterocycles. The molecule has 0 saturated carbocycles. The van der Waals surface area contributed by atoms with Crippen LogP contribution in [-0.2, 0) is 0 Å². The molecule has 0 aromatic heterocycles. The third-order valence-corrected chi connectivity index (χ3v) is 2.39. The molecule has 1 aromatic rings. The standard InChI is InChI=1S/C12H19NO2/c1-8(13)11-5-4-6-12(7-11)15-10(3)9(2)14/h4-10,14H,13H2,1-3H3/t8-,9?,10?/m0/s1. The summed E-state index contributed by atoms with van der Waals surface area (Å²) in [6.07, 6.45) is -0.697. The Morgan fingerprint density at radius 2 is 1.93 bits per heavy atom. The van der Waals surface area contributed by atoms with Crippen LogP contribution in [0.1, 0.15) is 32.4 Å². The van der Waals surface area contributed by atoms with Gasteiger partial charge in [-0.05, 0) is 38.5 Å². The average molecular weight is 209 g/mol. The van der Waals surface area contributed by atoms with Gasteiger partial charge >= 0.3 is 0 Å². The molecule has 0 bridgehead atoms. The van der Waals surface area contributed by atoms with Crippen molar-refractivity contribution in [1.82, 2.24) is 0 Å². The van der Waals surface area contributed by atoms with Gasteiger partial charge in [0.25, 0.3) is 0 Å². The fourth-order valence-corrected chi connectivity index (χ4v) is 1.18. The minimum Gasteiger partial charge on any atom is -0.488 e. The van der Waals surface area contributed by atoms with Gasteiger partial charge in [-0.1, -0.05) is 12.1 Å². The van der Waals surface area contributed by atoms with E-state index in [9.17, 15) is 5.11 Å². The summed E-state index contributed by atoms with van der Waals surface area (Å²) in [5.74, 6) is 0.748. The topological polar surface area (TPSA) is 55.5 Å². The number of benzene rings is 1. The number of nitrogens with two attached hydrogens (primary N) is 1. The molecule has 0 aliphatic rings. The van der Waals surface area contributed by atoms with E-state index in [4.69, 9.17) is 10.5 Å². The van der Waals surface area contributed by atoms with Crippen LogP contribution in [0.2, 0.25) is 0 Å². The fraction of sp³-hybridized carbons (Fsp3) is 0.500. The minimum absolute atomic E-state index is 0.00425. The van der Waals surface area contributed by atoms with Crippen LogP contribution < -0.4 is 10.5 Å². The van der Waals surface area contributed by atoms with Crippen molar-refractivity contribution >= 4 is 0 Å². The van der Waals surface area contributed by atoms with Crippen molar-refractivity contribution in [3.05, 3.63) is 29.8 Å². The fourth-order valence-electron chi connectivity index (χ4n) is 1.18. The molecule has 3 heteroatoms. The summed E-state index contributed by atoms with van der Waals surface area (Å²) in [7, 11) is 0. The van der Waals surface area contributed by atoms with Crippen molar-refractivity contribution in [3.8, 4) is 5.75 Å². The highest BCUT2D eigenvalue weighted by molar-refractivity contribution is 5.30. The smallest absolute Gasteiger partial charge is 0.121 e. The van der Waals surface area contributed by atoms with Crippen LogP contribution >= 0.6 is 0 Å². The van der Waals surface area contributed by atoms with Crippen molar-refractivity contribution in [1.29, 1.82) is 0 Å². The normalized spacial score (nSPS) is 16.9. The molecular weight excluding hydrogens is 190 g/mol. The molecule has 0 spiro atoms. The predicted octanol–water partition coefficient (Wildman–Crippen LogP) is 1.85. The number of hydrogen-bond donors (Lipinski definition) is 2. The zero-order valence-electron chi connectivity index (χ0n) is 9.47. The minimum atomic E-state index is -0.482. The van der Waals surface area contributed by atoms with Crippen molar-refractivity contribution in [3.63, 3.8) is 0 Å². The molecule has 0 aliphatic heterocycles. The van der Waals surface area contributed by atoms with Crippen LogP contribution in [0.15, 0.2) is 24.3 Å². The highest BCUT2D eigenvalue weighted by Crippen LogP contribution is 2.19. The van der Waals surface area contributed by atoms with Gasteiger partial charge in [0, 0.05) is 6.04 Å². The first-order valence-corrected chi connectivity index (χ1v) is 5.21. The molecule has 1 aromatic carbocycles. The Morgan fingerprint density at radius 3 is 2.47 bits per heavy atom. The maximum Gasteiger partial charge on any atom is 0.121 e. The van der Waals surface area contributed by atoms with Gasteiger partial charge in [0.1, 0.15) is 11.9 Å². The van der Waals surface area contributed by atoms with Crippen LogP contribution in [-0.4, -0.2) is 17.3 Å². The molecule has 2 unspecified atom stereocenters. The van der Waals surface area contributed by atoms with E-state index in [0.717, 1.165) is 11.3 Å². The summed E-state index contributed by atoms with van der Waals surface area (Å²) in [5.41, 5.74) is 6.80. The van der Waals surface area contributed by atoms with E-state index < -0.39 is 6.10 Å². The van der Waals surface area contributed by atoms with Gasteiger partial charge in [0.05, 0.1) is 6.10 Å². The van der Waals surface area contributed by atoms with E-state index in [1.165, 1.54) is 0 Å². The lowest BCUT2D eigenvalue weighted by Gasteiger charge is -2.18. The molecule has 0 amide bonds. The molecule has 3 atom stereocenters. The van der Waals surface area contributed by atoms with Crippen molar-refractivity contribution < 1.29 is 9.84 Å². The monoisotopic (exact) mass is 209 g/mol. The molecule has 84 valence electrons. The average Bonchev–Trinajstić information content (AvgIpc) is 2.18. The van der Waals surface area contributed by atoms with Gasteiger partial charge in [-0.15, -0.1) is 0 Å². The Bertz CT molecular complexity index is 310. The number of aliphatic hydroxyl groups is 1. The number of ether oxygens (including phenoxy) is 1. The number of hydrogen-bond acceptors (Lipinski definition) is 3. The maximum atomic E-state index is 9.31. The van der Waals surface area contributed by atoms with Gasteiger partial charge in [-0.3, -0.25) is 0 Å². The second-order valence-corrected chi connectivity index (χ2v) is 3.92. The van der Waals surface area contributed by atoms with Crippen LogP contribution in [0, 0.1) is 0 Å². The molecule has 0 aliphatic carbocycles. The van der Waals surface area contributed by atoms with E-state index in [-0.39, 0.29) is 12.1 Å². The third-order valence-electron chi connectivity index (χ3n) is 2.39.